The van der Waals surface area contributed by atoms with E-state index >= 15 is 0 Å². The van der Waals surface area contributed by atoms with Crippen LogP contribution in [0.25, 0.3) is 33.2 Å². The number of pyridine rings is 1. The van der Waals surface area contributed by atoms with E-state index in [9.17, 15) is 0 Å². The molecule has 0 amide bonds. The van der Waals surface area contributed by atoms with Gasteiger partial charge < -0.3 is 19.4 Å². The molecule has 2 N–H and O–H groups in total. The Morgan fingerprint density at radius 3 is 2.54 bits per heavy atom. The van der Waals surface area contributed by atoms with E-state index in [1.807, 2.05) is 12.4 Å². The van der Waals surface area contributed by atoms with Crippen molar-refractivity contribution in [2.75, 3.05) is 31.1 Å². The molecule has 1 spiro atoms. The average Bonchev–Trinajstić information content (AvgIpc) is 3.65. The highest BCUT2D eigenvalue weighted by Gasteiger charge is 2.37. The van der Waals surface area contributed by atoms with E-state index in [1.54, 1.807) is 0 Å². The van der Waals surface area contributed by atoms with Crippen LogP contribution >= 0.6 is 0 Å². The lowest BCUT2D eigenvalue weighted by Crippen LogP contribution is -2.46. The first-order valence-corrected chi connectivity index (χ1v) is 13.7. The minimum Gasteiger partial charge on any atom is -0.371 e. The van der Waals surface area contributed by atoms with Crippen molar-refractivity contribution < 1.29 is 0 Å². The van der Waals surface area contributed by atoms with E-state index in [4.69, 9.17) is 0 Å². The summed E-state index contributed by atoms with van der Waals surface area (Å²) in [5, 5.41) is 2.48. The van der Waals surface area contributed by atoms with Crippen molar-refractivity contribution in [3.8, 4) is 11.3 Å². The summed E-state index contributed by atoms with van der Waals surface area (Å²) in [5.41, 5.74) is 9.17. The molecule has 0 atom stereocenters. The first-order chi connectivity index (χ1) is 18.1. The van der Waals surface area contributed by atoms with Gasteiger partial charge in [-0.25, -0.2) is 4.98 Å². The molecule has 2 aliphatic heterocycles. The fourth-order valence-corrected chi connectivity index (χ4v) is 6.77. The van der Waals surface area contributed by atoms with Crippen LogP contribution < -0.4 is 4.90 Å². The summed E-state index contributed by atoms with van der Waals surface area (Å²) < 4.78 is 2.26. The van der Waals surface area contributed by atoms with Crippen LogP contribution in [-0.2, 0) is 13.6 Å². The van der Waals surface area contributed by atoms with Gasteiger partial charge in [0.25, 0.3) is 0 Å². The number of aromatic amines is 2. The van der Waals surface area contributed by atoms with Crippen molar-refractivity contribution in [3.63, 3.8) is 0 Å². The second-order valence-corrected chi connectivity index (χ2v) is 11.3. The summed E-state index contributed by atoms with van der Waals surface area (Å²) in [7, 11) is 2.16. The molecule has 2 saturated heterocycles. The van der Waals surface area contributed by atoms with Gasteiger partial charge in [0.1, 0.15) is 5.65 Å². The Labute approximate surface area is 218 Å². The second kappa shape index (κ2) is 8.80. The Morgan fingerprint density at radius 2 is 1.76 bits per heavy atom. The monoisotopic (exact) mass is 492 g/mol. The molecule has 7 rings (SSSR count). The van der Waals surface area contributed by atoms with Crippen molar-refractivity contribution in [2.45, 2.75) is 39.2 Å². The predicted octanol–water partition coefficient (Wildman–Crippen LogP) is 6.24. The maximum absolute atomic E-state index is 4.47. The first kappa shape index (κ1) is 22.7. The largest absolute Gasteiger partial charge is 0.371 e. The number of anilines is 1. The van der Waals surface area contributed by atoms with Crippen LogP contribution in [0.15, 0.2) is 61.1 Å². The number of rotatable bonds is 4. The predicted molar refractivity (Wildman–Crippen MR) is 152 cm³/mol. The fourth-order valence-electron chi connectivity index (χ4n) is 6.77. The standard InChI is InChI=1S/C31H36N6/c1-22-27-20-23(5-6-28(27)34-29(22)25-7-13-32-30-26(25)8-14-33-30)37-18-11-31(12-19-37)9-16-36(17-10-31)21-24-4-3-15-35(24)2/h3-8,13-15,20,34H,9-12,16-19,21H2,1-2H3,(H,32,33). The number of benzene rings is 1. The molecule has 4 aromatic heterocycles. The lowest BCUT2D eigenvalue weighted by Gasteiger charge is -2.47. The molecule has 2 aliphatic rings. The van der Waals surface area contributed by atoms with Gasteiger partial charge in [0.05, 0.1) is 5.69 Å². The summed E-state index contributed by atoms with van der Waals surface area (Å²) in [4.78, 5) is 16.7. The summed E-state index contributed by atoms with van der Waals surface area (Å²) in [5.74, 6) is 0. The summed E-state index contributed by atoms with van der Waals surface area (Å²) in [6, 6.07) is 15.6. The van der Waals surface area contributed by atoms with Crippen LogP contribution in [0.1, 0.15) is 36.9 Å². The molecule has 1 aromatic carbocycles. The quantitative estimate of drug-likeness (QED) is 0.312. The van der Waals surface area contributed by atoms with Crippen molar-refractivity contribution in [1.29, 1.82) is 0 Å². The van der Waals surface area contributed by atoms with Gasteiger partial charge >= 0.3 is 0 Å². The van der Waals surface area contributed by atoms with Crippen LogP contribution in [0, 0.1) is 12.3 Å². The summed E-state index contributed by atoms with van der Waals surface area (Å²) in [6.45, 7) is 8.10. The molecule has 37 heavy (non-hydrogen) atoms. The molecule has 0 saturated carbocycles. The molecule has 0 radical (unpaired) electrons. The first-order valence-electron chi connectivity index (χ1n) is 13.7. The van der Waals surface area contributed by atoms with Gasteiger partial charge in [-0.05, 0) is 99.1 Å². The van der Waals surface area contributed by atoms with E-state index in [0.29, 0.717) is 5.41 Å². The number of aromatic nitrogens is 4. The zero-order valence-corrected chi connectivity index (χ0v) is 21.9. The van der Waals surface area contributed by atoms with E-state index < -0.39 is 0 Å². The molecular weight excluding hydrogens is 456 g/mol. The molecule has 6 nitrogen and oxygen atoms in total. The second-order valence-electron chi connectivity index (χ2n) is 11.3. The highest BCUT2D eigenvalue weighted by molar-refractivity contribution is 5.99. The van der Waals surface area contributed by atoms with Crippen molar-refractivity contribution in [2.24, 2.45) is 12.5 Å². The molecule has 0 aliphatic carbocycles. The van der Waals surface area contributed by atoms with Crippen LogP contribution in [0.5, 0.6) is 0 Å². The molecular formula is C31H36N6. The van der Waals surface area contributed by atoms with Crippen molar-refractivity contribution in [3.05, 3.63) is 72.3 Å². The number of hydrogen-bond acceptors (Lipinski definition) is 3. The number of H-pyrrole nitrogens is 2. The summed E-state index contributed by atoms with van der Waals surface area (Å²) >= 11 is 0. The van der Waals surface area contributed by atoms with Gasteiger partial charge in [0.15, 0.2) is 0 Å². The Balaban J connectivity index is 1.05. The minimum absolute atomic E-state index is 0.533. The van der Waals surface area contributed by atoms with Crippen LogP contribution in [0.2, 0.25) is 0 Å². The SMILES string of the molecule is Cc1c(-c2ccnc3[nH]ccc23)[nH]c2ccc(N3CCC4(CCN(Cc5cccn5C)CC4)CC3)cc12. The van der Waals surface area contributed by atoms with E-state index in [0.717, 1.165) is 30.7 Å². The molecule has 6 heterocycles. The van der Waals surface area contributed by atoms with Gasteiger partial charge in [-0.1, -0.05) is 0 Å². The Bertz CT molecular complexity index is 1550. The molecule has 0 bridgehead atoms. The van der Waals surface area contributed by atoms with Crippen molar-refractivity contribution in [1.82, 2.24) is 24.4 Å². The highest BCUT2D eigenvalue weighted by Crippen LogP contribution is 2.43. The zero-order valence-electron chi connectivity index (χ0n) is 21.9. The number of hydrogen-bond donors (Lipinski definition) is 2. The van der Waals surface area contributed by atoms with E-state index in [-0.39, 0.29) is 0 Å². The third-order valence-corrected chi connectivity index (χ3v) is 9.31. The molecule has 0 unspecified atom stereocenters. The maximum atomic E-state index is 4.47. The smallest absolute Gasteiger partial charge is 0.137 e. The van der Waals surface area contributed by atoms with E-state index in [2.05, 4.69) is 92.0 Å². The molecule has 5 aromatic rings. The topological polar surface area (TPSA) is 55.9 Å². The number of likely N-dealkylation sites (tertiary alicyclic amines) is 1. The summed E-state index contributed by atoms with van der Waals surface area (Å²) in [6.07, 6.45) is 11.3. The number of nitrogens with zero attached hydrogens (tertiary/aromatic N) is 4. The van der Waals surface area contributed by atoms with Crippen LogP contribution in [0.3, 0.4) is 0 Å². The third kappa shape index (κ3) is 3.95. The Kier molecular flexibility index (Phi) is 5.39. The Hall–Kier alpha value is -3.51. The van der Waals surface area contributed by atoms with E-state index in [1.165, 1.54) is 77.9 Å². The number of nitrogens with one attached hydrogen (secondary N) is 2. The number of fused-ring (bicyclic) bond motifs is 2. The normalized spacial score (nSPS) is 18.4. The molecule has 2 fully saturated rings. The maximum Gasteiger partial charge on any atom is 0.137 e. The average molecular weight is 493 g/mol. The zero-order chi connectivity index (χ0) is 25.0. The minimum atomic E-state index is 0.533. The van der Waals surface area contributed by atoms with Gasteiger partial charge in [0.2, 0.25) is 0 Å². The van der Waals surface area contributed by atoms with Crippen molar-refractivity contribution >= 4 is 27.6 Å². The number of piperidine rings is 2. The fraction of sp³-hybridized carbons (Fsp3) is 0.387. The van der Waals surface area contributed by atoms with Gasteiger partial charge in [-0.2, -0.15) is 0 Å². The van der Waals surface area contributed by atoms with Gasteiger partial charge in [-0.3, -0.25) is 4.90 Å². The van der Waals surface area contributed by atoms with Crippen LogP contribution in [-0.4, -0.2) is 50.6 Å². The highest BCUT2D eigenvalue weighted by atomic mass is 15.2. The van der Waals surface area contributed by atoms with Crippen LogP contribution in [0.4, 0.5) is 5.69 Å². The van der Waals surface area contributed by atoms with Gasteiger partial charge in [-0.15, -0.1) is 0 Å². The number of aryl methyl sites for hydroxylation is 2. The Morgan fingerprint density at radius 1 is 0.946 bits per heavy atom. The third-order valence-electron chi connectivity index (χ3n) is 9.31. The lowest BCUT2D eigenvalue weighted by atomic mass is 9.71. The molecule has 6 heteroatoms. The lowest BCUT2D eigenvalue weighted by molar-refractivity contribution is 0.0747. The van der Waals surface area contributed by atoms with Gasteiger partial charge in [0, 0.05) is 78.5 Å². The molecule has 190 valence electrons.